The van der Waals surface area contributed by atoms with Crippen LogP contribution in [0.3, 0.4) is 0 Å². The molecule has 4 nitrogen and oxygen atoms in total. The Morgan fingerprint density at radius 2 is 1.10 bits per heavy atom. The fraction of sp³-hybridized carbons (Fsp3) is 0.0444. The van der Waals surface area contributed by atoms with Gasteiger partial charge in [-0.1, -0.05) is 140 Å². The van der Waals surface area contributed by atoms with Gasteiger partial charge in [0, 0.05) is 33.2 Å². The molecule has 0 bridgehead atoms. The molecule has 2 heterocycles. The highest BCUT2D eigenvalue weighted by Crippen LogP contribution is 2.42. The van der Waals surface area contributed by atoms with Crippen LogP contribution in [0.2, 0.25) is 0 Å². The maximum atomic E-state index is 5.15. The van der Waals surface area contributed by atoms with E-state index in [1.165, 1.54) is 43.4 Å². The predicted molar refractivity (Wildman–Crippen MR) is 203 cm³/mol. The first kappa shape index (κ1) is 27.7. The van der Waals surface area contributed by atoms with Crippen LogP contribution in [0.15, 0.2) is 164 Å². The molecule has 10 rings (SSSR count). The van der Waals surface area contributed by atoms with Crippen LogP contribution in [-0.4, -0.2) is 19.5 Å². The highest BCUT2D eigenvalue weighted by Gasteiger charge is 2.22. The van der Waals surface area contributed by atoms with E-state index in [1.54, 1.807) is 0 Å². The lowest BCUT2D eigenvalue weighted by Crippen LogP contribution is -2.08. The van der Waals surface area contributed by atoms with Gasteiger partial charge < -0.3 is 4.57 Å². The Morgan fingerprint density at radius 3 is 1.78 bits per heavy atom. The molecule has 0 radical (unpaired) electrons. The fourth-order valence-corrected chi connectivity index (χ4v) is 7.65. The van der Waals surface area contributed by atoms with Crippen LogP contribution in [0.25, 0.3) is 82.6 Å². The lowest BCUT2D eigenvalue weighted by molar-refractivity contribution is 0.764. The molecular formula is C45H30N4. The Bertz CT molecular complexity index is 2710. The molecule has 0 saturated carbocycles. The minimum atomic E-state index is 0.0991. The van der Waals surface area contributed by atoms with Gasteiger partial charge in [0.1, 0.15) is 5.82 Å². The third-order valence-corrected chi connectivity index (χ3v) is 9.93. The number of hydrogen-bond acceptors (Lipinski definition) is 3. The number of allylic oxidation sites excluding steroid dienone is 4. The second-order valence-corrected chi connectivity index (χ2v) is 12.7. The molecule has 7 aromatic carbocycles. The number of nitrogens with zero attached hydrogens (tertiary/aromatic N) is 4. The summed E-state index contributed by atoms with van der Waals surface area (Å²) in [6.07, 6.45) is 9.40. The van der Waals surface area contributed by atoms with Crippen molar-refractivity contribution in [3.63, 3.8) is 0 Å². The van der Waals surface area contributed by atoms with Crippen LogP contribution in [0.1, 0.15) is 18.2 Å². The monoisotopic (exact) mass is 626 g/mol. The molecule has 1 aliphatic carbocycles. The molecule has 1 aliphatic rings. The van der Waals surface area contributed by atoms with Crippen molar-refractivity contribution < 1.29 is 0 Å². The van der Waals surface area contributed by atoms with Crippen LogP contribution in [0, 0.1) is 0 Å². The van der Waals surface area contributed by atoms with Gasteiger partial charge in [0.25, 0.3) is 0 Å². The van der Waals surface area contributed by atoms with Gasteiger partial charge in [-0.2, -0.15) is 0 Å². The summed E-state index contributed by atoms with van der Waals surface area (Å²) in [5, 5.41) is 9.81. The topological polar surface area (TPSA) is 43.6 Å². The van der Waals surface area contributed by atoms with Crippen LogP contribution < -0.4 is 0 Å². The largest absolute Gasteiger partial charge is 0.309 e. The predicted octanol–water partition coefficient (Wildman–Crippen LogP) is 11.4. The summed E-state index contributed by atoms with van der Waals surface area (Å²) in [6, 6.07) is 49.8. The maximum absolute atomic E-state index is 5.15. The van der Waals surface area contributed by atoms with Crippen LogP contribution in [-0.2, 0) is 0 Å². The van der Waals surface area contributed by atoms with Gasteiger partial charge in [0.15, 0.2) is 11.6 Å². The van der Waals surface area contributed by atoms with Gasteiger partial charge in [0.05, 0.1) is 16.7 Å². The first-order chi connectivity index (χ1) is 24.3. The van der Waals surface area contributed by atoms with Gasteiger partial charge >= 0.3 is 0 Å². The minimum absolute atomic E-state index is 0.0991. The van der Waals surface area contributed by atoms with Crippen molar-refractivity contribution in [1.82, 2.24) is 19.5 Å². The van der Waals surface area contributed by atoms with E-state index in [-0.39, 0.29) is 5.92 Å². The molecule has 4 heteroatoms. The standard InChI is InChI=1S/C45H30N4/c1-3-15-31(16-4-1)43-46-44(32-17-5-2-6-18-32)48-45(47-43)37-25-28-38(36-22-12-11-21-35(36)37)49-39-26-23-29-13-7-9-19-33(29)41(39)42-34-20-10-8-14-30(34)24-27-40(42)49/h1-17,19-28,32H,18H2. The van der Waals surface area contributed by atoms with Gasteiger partial charge in [0.2, 0.25) is 0 Å². The molecule has 0 N–H and O–H groups in total. The summed E-state index contributed by atoms with van der Waals surface area (Å²) in [6.45, 7) is 0. The molecule has 0 spiro atoms. The molecule has 230 valence electrons. The average molecular weight is 627 g/mol. The summed E-state index contributed by atoms with van der Waals surface area (Å²) in [5.41, 5.74) is 5.48. The zero-order valence-electron chi connectivity index (χ0n) is 26.7. The number of aromatic nitrogens is 4. The second kappa shape index (κ2) is 11.1. The van der Waals surface area contributed by atoms with Crippen molar-refractivity contribution in [3.05, 3.63) is 170 Å². The van der Waals surface area contributed by atoms with E-state index in [0.29, 0.717) is 11.6 Å². The highest BCUT2D eigenvalue weighted by molar-refractivity contribution is 6.28. The van der Waals surface area contributed by atoms with E-state index in [0.717, 1.165) is 39.8 Å². The summed E-state index contributed by atoms with van der Waals surface area (Å²) < 4.78 is 2.45. The zero-order chi connectivity index (χ0) is 32.3. The van der Waals surface area contributed by atoms with Gasteiger partial charge in [-0.25, -0.2) is 15.0 Å². The van der Waals surface area contributed by atoms with E-state index >= 15 is 0 Å². The number of benzene rings is 7. The Balaban J connectivity index is 1.26. The average Bonchev–Trinajstić information content (AvgIpc) is 3.53. The summed E-state index contributed by atoms with van der Waals surface area (Å²) in [7, 11) is 0. The third kappa shape index (κ3) is 4.41. The first-order valence-electron chi connectivity index (χ1n) is 16.8. The molecule has 1 atom stereocenters. The Hall–Kier alpha value is -6.39. The summed E-state index contributed by atoms with van der Waals surface area (Å²) >= 11 is 0. The van der Waals surface area contributed by atoms with E-state index in [1.807, 2.05) is 18.2 Å². The Labute approximate surface area is 283 Å². The van der Waals surface area contributed by atoms with Crippen LogP contribution >= 0.6 is 0 Å². The Morgan fingerprint density at radius 1 is 0.490 bits per heavy atom. The van der Waals surface area contributed by atoms with Crippen molar-refractivity contribution in [2.45, 2.75) is 12.3 Å². The van der Waals surface area contributed by atoms with Gasteiger partial charge in [-0.05, 0) is 57.6 Å². The molecule has 9 aromatic rings. The quantitative estimate of drug-likeness (QED) is 0.195. The summed E-state index contributed by atoms with van der Waals surface area (Å²) in [4.78, 5) is 15.3. The molecule has 0 fully saturated rings. The van der Waals surface area contributed by atoms with Crippen molar-refractivity contribution in [2.75, 3.05) is 0 Å². The van der Waals surface area contributed by atoms with E-state index in [2.05, 4.69) is 150 Å². The molecule has 2 aromatic heterocycles. The summed E-state index contributed by atoms with van der Waals surface area (Å²) in [5.74, 6) is 2.27. The molecular weight excluding hydrogens is 597 g/mol. The second-order valence-electron chi connectivity index (χ2n) is 12.7. The lowest BCUT2D eigenvalue weighted by Gasteiger charge is -2.17. The normalized spacial score (nSPS) is 14.5. The number of hydrogen-bond donors (Lipinski definition) is 0. The fourth-order valence-electron chi connectivity index (χ4n) is 7.65. The zero-order valence-corrected chi connectivity index (χ0v) is 26.7. The maximum Gasteiger partial charge on any atom is 0.164 e. The Kier molecular flexibility index (Phi) is 6.28. The van der Waals surface area contributed by atoms with Crippen LogP contribution in [0.5, 0.6) is 0 Å². The van der Waals surface area contributed by atoms with Crippen molar-refractivity contribution in [1.29, 1.82) is 0 Å². The number of rotatable bonds is 4. The molecule has 1 unspecified atom stereocenters. The molecule has 0 saturated heterocycles. The van der Waals surface area contributed by atoms with E-state index in [9.17, 15) is 0 Å². The molecule has 49 heavy (non-hydrogen) atoms. The smallest absolute Gasteiger partial charge is 0.164 e. The van der Waals surface area contributed by atoms with Crippen molar-refractivity contribution in [2.24, 2.45) is 0 Å². The van der Waals surface area contributed by atoms with Crippen molar-refractivity contribution in [3.8, 4) is 28.5 Å². The highest BCUT2D eigenvalue weighted by atomic mass is 15.0. The lowest BCUT2D eigenvalue weighted by atomic mass is 9.99. The molecule has 0 aliphatic heterocycles. The van der Waals surface area contributed by atoms with Gasteiger partial charge in [-0.15, -0.1) is 0 Å². The van der Waals surface area contributed by atoms with Crippen molar-refractivity contribution >= 4 is 54.1 Å². The minimum Gasteiger partial charge on any atom is -0.309 e. The van der Waals surface area contributed by atoms with Gasteiger partial charge in [-0.3, -0.25) is 0 Å². The SMILES string of the molecule is C1=CCC(c2nc(-c3ccccc3)nc(-c3ccc(-n4c5ccc6ccccc6c5c5c6ccccc6ccc54)c4ccccc34)n2)C=C1. The first-order valence-corrected chi connectivity index (χ1v) is 16.8. The number of fused-ring (bicyclic) bond motifs is 8. The van der Waals surface area contributed by atoms with E-state index < -0.39 is 0 Å². The third-order valence-electron chi connectivity index (χ3n) is 9.93. The van der Waals surface area contributed by atoms with E-state index in [4.69, 9.17) is 15.0 Å². The van der Waals surface area contributed by atoms with Crippen LogP contribution in [0.4, 0.5) is 0 Å². The molecule has 0 amide bonds.